The van der Waals surface area contributed by atoms with Gasteiger partial charge in [0.25, 0.3) is 0 Å². The minimum Gasteiger partial charge on any atom is -0.370 e. The number of hydrogen-bond donors (Lipinski definition) is 2. The first kappa shape index (κ1) is 16.7. The molecule has 0 bridgehead atoms. The first-order valence-electron chi connectivity index (χ1n) is 7.74. The molecule has 0 aromatic carbocycles. The van der Waals surface area contributed by atoms with Crippen LogP contribution in [0.1, 0.15) is 53.5 Å². The number of nitrogens with one attached hydrogen (secondary N) is 2. The van der Waals surface area contributed by atoms with Crippen LogP contribution < -0.4 is 10.6 Å². The van der Waals surface area contributed by atoms with Crippen molar-refractivity contribution in [1.29, 1.82) is 0 Å². The maximum atomic E-state index is 4.44. The maximum absolute atomic E-state index is 4.44. The van der Waals surface area contributed by atoms with E-state index >= 15 is 0 Å². The fraction of sp³-hybridized carbons (Fsp3) is 0.750. The predicted molar refractivity (Wildman–Crippen MR) is 87.3 cm³/mol. The first-order valence-corrected chi connectivity index (χ1v) is 7.74. The second kappa shape index (κ2) is 7.46. The highest BCUT2D eigenvalue weighted by molar-refractivity contribution is 5.57. The minimum atomic E-state index is 0.243. The van der Waals surface area contributed by atoms with Crippen LogP contribution in [0.25, 0.3) is 0 Å². The lowest BCUT2D eigenvalue weighted by atomic mass is 9.81. The van der Waals surface area contributed by atoms with Crippen molar-refractivity contribution in [1.82, 2.24) is 9.97 Å². The standard InChI is InChI=1S/C16H30N4/c1-7-9-13-14(17-8-2)19-11-20-15(13)18-10-16(5,6)12(3)4/h11-12H,7-10H2,1-6H3,(H2,17,18,19,20). The Kier molecular flexibility index (Phi) is 6.24. The van der Waals surface area contributed by atoms with Gasteiger partial charge in [0.05, 0.1) is 0 Å². The Hall–Kier alpha value is -1.32. The van der Waals surface area contributed by atoms with Gasteiger partial charge in [-0.3, -0.25) is 0 Å². The van der Waals surface area contributed by atoms with Gasteiger partial charge >= 0.3 is 0 Å². The summed E-state index contributed by atoms with van der Waals surface area (Å²) in [6.45, 7) is 15.2. The van der Waals surface area contributed by atoms with E-state index in [1.807, 2.05) is 0 Å². The van der Waals surface area contributed by atoms with Crippen LogP contribution in [0.2, 0.25) is 0 Å². The molecule has 4 heteroatoms. The van der Waals surface area contributed by atoms with Crippen molar-refractivity contribution < 1.29 is 0 Å². The lowest BCUT2D eigenvalue weighted by Crippen LogP contribution is -2.29. The second-order valence-electron chi connectivity index (χ2n) is 6.33. The highest BCUT2D eigenvalue weighted by Crippen LogP contribution is 2.28. The van der Waals surface area contributed by atoms with Crippen LogP contribution >= 0.6 is 0 Å². The SMILES string of the molecule is CCCc1c(NCC)ncnc1NCC(C)(C)C(C)C. The summed E-state index contributed by atoms with van der Waals surface area (Å²) in [6, 6.07) is 0. The van der Waals surface area contributed by atoms with Gasteiger partial charge in [-0.15, -0.1) is 0 Å². The van der Waals surface area contributed by atoms with E-state index in [-0.39, 0.29) is 5.41 Å². The van der Waals surface area contributed by atoms with E-state index in [4.69, 9.17) is 0 Å². The van der Waals surface area contributed by atoms with Crippen LogP contribution in [0.5, 0.6) is 0 Å². The number of hydrogen-bond acceptors (Lipinski definition) is 4. The van der Waals surface area contributed by atoms with E-state index < -0.39 is 0 Å². The Bertz CT molecular complexity index is 413. The molecule has 0 amide bonds. The van der Waals surface area contributed by atoms with E-state index in [1.54, 1.807) is 6.33 Å². The highest BCUT2D eigenvalue weighted by atomic mass is 15.1. The fourth-order valence-corrected chi connectivity index (χ4v) is 1.89. The van der Waals surface area contributed by atoms with Gasteiger partial charge in [-0.25, -0.2) is 9.97 Å². The Balaban J connectivity index is 2.91. The zero-order valence-corrected chi connectivity index (χ0v) is 13.9. The van der Waals surface area contributed by atoms with Gasteiger partial charge in [0.2, 0.25) is 0 Å². The molecule has 1 aromatic rings. The van der Waals surface area contributed by atoms with Crippen molar-refractivity contribution in [3.05, 3.63) is 11.9 Å². The highest BCUT2D eigenvalue weighted by Gasteiger charge is 2.23. The number of rotatable bonds is 8. The third kappa shape index (κ3) is 4.36. The molecule has 0 unspecified atom stereocenters. The second-order valence-corrected chi connectivity index (χ2v) is 6.33. The predicted octanol–water partition coefficient (Wildman–Crippen LogP) is 3.96. The van der Waals surface area contributed by atoms with Crippen LogP contribution in [0.15, 0.2) is 6.33 Å². The molecular weight excluding hydrogens is 248 g/mol. The molecular formula is C16H30N4. The van der Waals surface area contributed by atoms with E-state index in [9.17, 15) is 0 Å². The lowest BCUT2D eigenvalue weighted by Gasteiger charge is -2.30. The van der Waals surface area contributed by atoms with Crippen LogP contribution in [-0.4, -0.2) is 23.1 Å². The summed E-state index contributed by atoms with van der Waals surface area (Å²) in [6.07, 6.45) is 3.73. The Labute approximate surface area is 123 Å². The summed E-state index contributed by atoms with van der Waals surface area (Å²) >= 11 is 0. The molecule has 114 valence electrons. The molecule has 0 fully saturated rings. The van der Waals surface area contributed by atoms with Crippen molar-refractivity contribution >= 4 is 11.6 Å². The van der Waals surface area contributed by atoms with Gasteiger partial charge in [0.1, 0.15) is 18.0 Å². The molecule has 0 aliphatic rings. The fourth-order valence-electron chi connectivity index (χ4n) is 1.89. The van der Waals surface area contributed by atoms with E-state index in [0.717, 1.165) is 37.6 Å². The zero-order chi connectivity index (χ0) is 15.2. The molecule has 2 N–H and O–H groups in total. The maximum Gasteiger partial charge on any atom is 0.134 e. The van der Waals surface area contributed by atoms with Crippen molar-refractivity contribution in [2.45, 2.75) is 54.4 Å². The molecule has 0 aliphatic heterocycles. The quantitative estimate of drug-likeness (QED) is 0.756. The molecule has 0 aliphatic carbocycles. The van der Waals surface area contributed by atoms with E-state index in [2.05, 4.69) is 62.1 Å². The molecule has 1 heterocycles. The van der Waals surface area contributed by atoms with E-state index in [1.165, 1.54) is 5.56 Å². The van der Waals surface area contributed by atoms with Crippen molar-refractivity contribution in [3.63, 3.8) is 0 Å². The van der Waals surface area contributed by atoms with Gasteiger partial charge < -0.3 is 10.6 Å². The molecule has 0 radical (unpaired) electrons. The summed E-state index contributed by atoms with van der Waals surface area (Å²) in [7, 11) is 0. The van der Waals surface area contributed by atoms with Gasteiger partial charge in [0, 0.05) is 18.7 Å². The van der Waals surface area contributed by atoms with Crippen LogP contribution in [0, 0.1) is 11.3 Å². The largest absolute Gasteiger partial charge is 0.370 e. The summed E-state index contributed by atoms with van der Waals surface area (Å²) in [4.78, 5) is 8.81. The summed E-state index contributed by atoms with van der Waals surface area (Å²) in [5.41, 5.74) is 1.45. The molecule has 1 rings (SSSR count). The molecule has 4 nitrogen and oxygen atoms in total. The van der Waals surface area contributed by atoms with Gasteiger partial charge in [-0.05, 0) is 24.7 Å². The molecule has 20 heavy (non-hydrogen) atoms. The number of anilines is 2. The summed E-state index contributed by atoms with van der Waals surface area (Å²) < 4.78 is 0. The van der Waals surface area contributed by atoms with Crippen LogP contribution in [0.4, 0.5) is 11.6 Å². The third-order valence-electron chi connectivity index (χ3n) is 4.06. The average Bonchev–Trinajstić information content (AvgIpc) is 2.39. The van der Waals surface area contributed by atoms with Crippen molar-refractivity contribution in [2.24, 2.45) is 11.3 Å². The molecule has 0 atom stereocenters. The smallest absolute Gasteiger partial charge is 0.134 e. The molecule has 0 saturated heterocycles. The van der Waals surface area contributed by atoms with Crippen molar-refractivity contribution in [2.75, 3.05) is 23.7 Å². The topological polar surface area (TPSA) is 49.8 Å². The third-order valence-corrected chi connectivity index (χ3v) is 4.06. The first-order chi connectivity index (χ1) is 9.42. The normalized spacial score (nSPS) is 11.8. The monoisotopic (exact) mass is 278 g/mol. The van der Waals surface area contributed by atoms with Gasteiger partial charge in [-0.2, -0.15) is 0 Å². The molecule has 0 spiro atoms. The van der Waals surface area contributed by atoms with Crippen LogP contribution in [0.3, 0.4) is 0 Å². The Morgan fingerprint density at radius 2 is 1.70 bits per heavy atom. The van der Waals surface area contributed by atoms with Gasteiger partial charge in [-0.1, -0.05) is 41.0 Å². The molecule has 1 aromatic heterocycles. The van der Waals surface area contributed by atoms with Crippen molar-refractivity contribution in [3.8, 4) is 0 Å². The summed E-state index contributed by atoms with van der Waals surface area (Å²) in [5, 5.41) is 6.86. The Morgan fingerprint density at radius 3 is 2.20 bits per heavy atom. The van der Waals surface area contributed by atoms with Gasteiger partial charge in [0.15, 0.2) is 0 Å². The van der Waals surface area contributed by atoms with E-state index in [0.29, 0.717) is 5.92 Å². The lowest BCUT2D eigenvalue weighted by molar-refractivity contribution is 0.269. The average molecular weight is 278 g/mol. The molecule has 0 saturated carbocycles. The van der Waals surface area contributed by atoms with Crippen LogP contribution in [-0.2, 0) is 6.42 Å². The minimum absolute atomic E-state index is 0.243. The number of nitrogens with zero attached hydrogens (tertiary/aromatic N) is 2. The Morgan fingerprint density at radius 1 is 1.10 bits per heavy atom. The zero-order valence-electron chi connectivity index (χ0n) is 13.9. The number of aromatic nitrogens is 2. The summed E-state index contributed by atoms with van der Waals surface area (Å²) in [5.74, 6) is 2.57.